The second kappa shape index (κ2) is 10.5. The Morgan fingerprint density at radius 1 is 1.06 bits per heavy atom. The van der Waals surface area contributed by atoms with Crippen molar-refractivity contribution in [1.82, 2.24) is 14.1 Å². The van der Waals surface area contributed by atoms with Crippen molar-refractivity contribution in [2.45, 2.75) is 31.2 Å². The Morgan fingerprint density at radius 2 is 1.77 bits per heavy atom. The van der Waals surface area contributed by atoms with Gasteiger partial charge in [-0.05, 0) is 38.0 Å². The van der Waals surface area contributed by atoms with Gasteiger partial charge in [-0.1, -0.05) is 29.8 Å². The number of piperidine rings is 1. The number of carbonyl (C=O) groups is 1. The number of nitrogens with one attached hydrogen (secondary N) is 1. The number of benzene rings is 2. The van der Waals surface area contributed by atoms with E-state index >= 15 is 0 Å². The number of hydrogen-bond donors (Lipinski definition) is 1. The monoisotopic (exact) mass is 498 g/mol. The van der Waals surface area contributed by atoms with Gasteiger partial charge < -0.3 is 14.8 Å². The zero-order valence-corrected chi connectivity index (χ0v) is 20.9. The minimum absolute atomic E-state index is 0.142. The number of hydrogen-bond acceptors (Lipinski definition) is 6. The summed E-state index contributed by atoms with van der Waals surface area (Å²) in [6.07, 6.45) is 2.53. The summed E-state index contributed by atoms with van der Waals surface area (Å²) in [5.74, 6) is 1.38. The number of ether oxygens (including phenoxy) is 2. The van der Waals surface area contributed by atoms with E-state index in [1.807, 2.05) is 25.1 Å². The Labute approximate surface area is 205 Å². The largest absolute Gasteiger partial charge is 0.493 e. The van der Waals surface area contributed by atoms with Crippen molar-refractivity contribution >= 4 is 21.7 Å². The van der Waals surface area contributed by atoms with Gasteiger partial charge in [-0.2, -0.15) is 9.40 Å². The fourth-order valence-corrected chi connectivity index (χ4v) is 5.72. The number of aryl methyl sites for hydroxylation is 1. The molecule has 0 bridgehead atoms. The third-order valence-electron chi connectivity index (χ3n) is 6.26. The normalized spacial score (nSPS) is 15.1. The smallest absolute Gasteiger partial charge is 0.243 e. The Balaban J connectivity index is 1.39. The second-order valence-corrected chi connectivity index (χ2v) is 10.4. The molecule has 0 atom stereocenters. The molecule has 1 aliphatic rings. The molecule has 10 heteroatoms. The van der Waals surface area contributed by atoms with Crippen LogP contribution in [-0.2, 0) is 21.4 Å². The Hall–Kier alpha value is -3.37. The number of methoxy groups -OCH3 is 2. The van der Waals surface area contributed by atoms with Gasteiger partial charge in [-0.3, -0.25) is 4.79 Å². The van der Waals surface area contributed by atoms with Crippen LogP contribution in [0.3, 0.4) is 0 Å². The zero-order chi connectivity index (χ0) is 25.0. The fraction of sp³-hybridized carbons (Fsp3) is 0.360. The summed E-state index contributed by atoms with van der Waals surface area (Å²) in [6, 6.07) is 14.2. The summed E-state index contributed by atoms with van der Waals surface area (Å²) < 4.78 is 39.9. The minimum Gasteiger partial charge on any atom is -0.493 e. The Kier molecular flexibility index (Phi) is 7.42. The van der Waals surface area contributed by atoms with E-state index in [9.17, 15) is 13.2 Å². The first-order valence-corrected chi connectivity index (χ1v) is 12.9. The van der Waals surface area contributed by atoms with Crippen molar-refractivity contribution in [2.24, 2.45) is 5.92 Å². The first-order valence-electron chi connectivity index (χ1n) is 11.4. The average molecular weight is 499 g/mol. The summed E-state index contributed by atoms with van der Waals surface area (Å²) in [5, 5.41) is 7.30. The number of nitrogens with zero attached hydrogens (tertiary/aromatic N) is 3. The summed E-state index contributed by atoms with van der Waals surface area (Å²) in [7, 11) is -0.402. The van der Waals surface area contributed by atoms with Crippen LogP contribution in [0.2, 0.25) is 0 Å². The molecule has 3 aromatic rings. The van der Waals surface area contributed by atoms with E-state index in [1.54, 1.807) is 55.4 Å². The number of carbonyl (C=O) groups excluding carboxylic acids is 1. The molecule has 0 aliphatic carbocycles. The van der Waals surface area contributed by atoms with Crippen LogP contribution in [0, 0.1) is 12.8 Å². The Morgan fingerprint density at radius 3 is 2.43 bits per heavy atom. The van der Waals surface area contributed by atoms with Crippen LogP contribution in [-0.4, -0.2) is 55.7 Å². The quantitative estimate of drug-likeness (QED) is 0.511. The third-order valence-corrected chi connectivity index (χ3v) is 8.17. The van der Waals surface area contributed by atoms with Gasteiger partial charge in [-0.25, -0.2) is 13.1 Å². The first kappa shape index (κ1) is 24.7. The van der Waals surface area contributed by atoms with Gasteiger partial charge in [0.15, 0.2) is 11.5 Å². The zero-order valence-electron chi connectivity index (χ0n) is 20.1. The highest BCUT2D eigenvalue weighted by molar-refractivity contribution is 7.89. The highest BCUT2D eigenvalue weighted by Crippen LogP contribution is 2.32. The predicted octanol–water partition coefficient (Wildman–Crippen LogP) is 3.30. The maximum atomic E-state index is 13.0. The molecule has 1 N–H and O–H groups in total. The average Bonchev–Trinajstić information content (AvgIpc) is 3.30. The van der Waals surface area contributed by atoms with E-state index in [2.05, 4.69) is 10.4 Å². The maximum Gasteiger partial charge on any atom is 0.243 e. The van der Waals surface area contributed by atoms with Gasteiger partial charge in [0.1, 0.15) is 5.82 Å². The molecule has 2 heterocycles. The number of sulfonamides is 1. The molecule has 1 aromatic heterocycles. The molecule has 0 unspecified atom stereocenters. The van der Waals surface area contributed by atoms with E-state index in [1.165, 1.54) is 4.31 Å². The van der Waals surface area contributed by atoms with Gasteiger partial charge >= 0.3 is 0 Å². The lowest BCUT2D eigenvalue weighted by Crippen LogP contribution is -2.41. The standard InChI is InChI=1S/C25H30N4O5S/c1-18-7-9-21(10-8-18)35(31,32)28-15-12-19(13-16-28)25(30)27-23-11-14-26-29(23)17-20-5-4-6-22(33-2)24(20)34-3/h4-11,14,19H,12-13,15-17H2,1-3H3,(H,27,30). The van der Waals surface area contributed by atoms with Crippen LogP contribution in [0.5, 0.6) is 11.5 Å². The van der Waals surface area contributed by atoms with Crippen molar-refractivity contribution in [3.63, 3.8) is 0 Å². The van der Waals surface area contributed by atoms with E-state index in [-0.39, 0.29) is 16.7 Å². The maximum absolute atomic E-state index is 13.0. The lowest BCUT2D eigenvalue weighted by molar-refractivity contribution is -0.121. The van der Waals surface area contributed by atoms with E-state index in [4.69, 9.17) is 9.47 Å². The molecule has 1 fully saturated rings. The SMILES string of the molecule is COc1cccc(Cn2nccc2NC(=O)C2CCN(S(=O)(=O)c3ccc(C)cc3)CC2)c1OC. The number of aromatic nitrogens is 2. The third kappa shape index (κ3) is 5.33. The van der Waals surface area contributed by atoms with Crippen LogP contribution < -0.4 is 14.8 Å². The first-order chi connectivity index (χ1) is 16.8. The van der Waals surface area contributed by atoms with Crippen LogP contribution in [0.25, 0.3) is 0 Å². The highest BCUT2D eigenvalue weighted by atomic mass is 32.2. The topological polar surface area (TPSA) is 103 Å². The van der Waals surface area contributed by atoms with Gasteiger partial charge in [0.2, 0.25) is 15.9 Å². The Bertz CT molecular complexity index is 1280. The molecule has 4 rings (SSSR count). The summed E-state index contributed by atoms with van der Waals surface area (Å²) in [4.78, 5) is 13.3. The minimum atomic E-state index is -3.57. The molecular formula is C25H30N4O5S. The van der Waals surface area contributed by atoms with E-state index in [0.717, 1.165) is 11.1 Å². The van der Waals surface area contributed by atoms with Gasteiger partial charge in [0.25, 0.3) is 0 Å². The van der Waals surface area contributed by atoms with Crippen LogP contribution >= 0.6 is 0 Å². The van der Waals surface area contributed by atoms with Gasteiger partial charge in [0.05, 0.1) is 31.9 Å². The van der Waals surface area contributed by atoms with Crippen molar-refractivity contribution in [3.05, 3.63) is 65.9 Å². The number of rotatable bonds is 8. The van der Waals surface area contributed by atoms with E-state index < -0.39 is 10.0 Å². The molecule has 9 nitrogen and oxygen atoms in total. The van der Waals surface area contributed by atoms with Crippen molar-refractivity contribution in [3.8, 4) is 11.5 Å². The lowest BCUT2D eigenvalue weighted by atomic mass is 9.97. The van der Waals surface area contributed by atoms with Crippen LogP contribution in [0.1, 0.15) is 24.0 Å². The summed E-state index contributed by atoms with van der Waals surface area (Å²) >= 11 is 0. The molecule has 0 saturated carbocycles. The predicted molar refractivity (Wildman–Crippen MR) is 132 cm³/mol. The summed E-state index contributed by atoms with van der Waals surface area (Å²) in [6.45, 7) is 2.90. The molecule has 1 saturated heterocycles. The molecular weight excluding hydrogens is 468 g/mol. The highest BCUT2D eigenvalue weighted by Gasteiger charge is 2.32. The molecule has 2 aromatic carbocycles. The lowest BCUT2D eigenvalue weighted by Gasteiger charge is -2.30. The van der Waals surface area contributed by atoms with Crippen LogP contribution in [0.15, 0.2) is 59.6 Å². The van der Waals surface area contributed by atoms with Gasteiger partial charge in [0, 0.05) is 30.6 Å². The molecule has 0 spiro atoms. The molecule has 35 heavy (non-hydrogen) atoms. The molecule has 1 aliphatic heterocycles. The second-order valence-electron chi connectivity index (χ2n) is 8.51. The van der Waals surface area contributed by atoms with Crippen molar-refractivity contribution < 1.29 is 22.7 Å². The molecule has 1 amide bonds. The number of para-hydroxylation sites is 1. The molecule has 0 radical (unpaired) electrons. The van der Waals surface area contributed by atoms with Crippen molar-refractivity contribution in [1.29, 1.82) is 0 Å². The summed E-state index contributed by atoms with van der Waals surface area (Å²) in [5.41, 5.74) is 1.86. The molecule has 186 valence electrons. The van der Waals surface area contributed by atoms with Crippen molar-refractivity contribution in [2.75, 3.05) is 32.6 Å². The van der Waals surface area contributed by atoms with Gasteiger partial charge in [-0.15, -0.1) is 0 Å². The number of amides is 1. The number of anilines is 1. The fourth-order valence-electron chi connectivity index (χ4n) is 4.25. The van der Waals surface area contributed by atoms with E-state index in [0.29, 0.717) is 49.8 Å². The van der Waals surface area contributed by atoms with Crippen LogP contribution in [0.4, 0.5) is 5.82 Å².